The molecule has 8 heteroatoms. The Kier molecular flexibility index (Phi) is 5.26. The number of anilines is 1. The zero-order chi connectivity index (χ0) is 21.4. The molecule has 4 rings (SSSR count). The third kappa shape index (κ3) is 3.43. The third-order valence-electron chi connectivity index (χ3n) is 5.30. The number of hydrogen-bond acceptors (Lipinski definition) is 7. The molecule has 0 N–H and O–H groups in total. The summed E-state index contributed by atoms with van der Waals surface area (Å²) in [4.78, 5) is 28.6. The molecule has 0 saturated heterocycles. The number of hydrogen-bond donors (Lipinski definition) is 0. The molecule has 30 heavy (non-hydrogen) atoms. The van der Waals surface area contributed by atoms with Gasteiger partial charge in [0.1, 0.15) is 13.2 Å². The molecule has 0 aliphatic carbocycles. The van der Waals surface area contributed by atoms with Crippen molar-refractivity contribution in [1.82, 2.24) is 4.90 Å². The molecule has 0 radical (unpaired) electrons. The zero-order valence-electron chi connectivity index (χ0n) is 17.5. The van der Waals surface area contributed by atoms with Crippen LogP contribution in [0.3, 0.4) is 0 Å². The normalized spacial score (nSPS) is 14.9. The van der Waals surface area contributed by atoms with Crippen LogP contribution in [0.25, 0.3) is 0 Å². The summed E-state index contributed by atoms with van der Waals surface area (Å²) in [7, 11) is 5.09. The maximum atomic E-state index is 12.6. The van der Waals surface area contributed by atoms with Crippen molar-refractivity contribution in [3.63, 3.8) is 0 Å². The lowest BCUT2D eigenvalue weighted by atomic mass is 10.1. The van der Waals surface area contributed by atoms with Gasteiger partial charge in [-0.1, -0.05) is 0 Å². The first-order valence-electron chi connectivity index (χ1n) is 9.62. The summed E-state index contributed by atoms with van der Waals surface area (Å²) in [6, 6.07) is 7.16. The number of aryl methyl sites for hydroxylation is 1. The predicted octanol–water partition coefficient (Wildman–Crippen LogP) is 2.40. The maximum absolute atomic E-state index is 12.6. The van der Waals surface area contributed by atoms with Crippen LogP contribution in [-0.2, 0) is 11.3 Å². The topological polar surface area (TPSA) is 77.5 Å². The first-order valence-corrected chi connectivity index (χ1v) is 9.62. The van der Waals surface area contributed by atoms with E-state index in [1.807, 2.05) is 31.0 Å². The van der Waals surface area contributed by atoms with Gasteiger partial charge in [0.15, 0.2) is 23.0 Å². The van der Waals surface area contributed by atoms with Crippen LogP contribution in [0.15, 0.2) is 24.3 Å². The van der Waals surface area contributed by atoms with Crippen molar-refractivity contribution in [3.05, 3.63) is 41.0 Å². The molecule has 0 saturated carbocycles. The van der Waals surface area contributed by atoms with Crippen LogP contribution in [0.1, 0.15) is 21.5 Å². The maximum Gasteiger partial charge on any atom is 0.300 e. The first-order chi connectivity index (χ1) is 14.4. The summed E-state index contributed by atoms with van der Waals surface area (Å²) in [5.74, 6) is 1.28. The Morgan fingerprint density at radius 1 is 1.00 bits per heavy atom. The fourth-order valence-electron chi connectivity index (χ4n) is 3.75. The number of ether oxygens (including phenoxy) is 4. The van der Waals surface area contributed by atoms with Gasteiger partial charge in [-0.2, -0.15) is 0 Å². The van der Waals surface area contributed by atoms with Crippen LogP contribution in [0.2, 0.25) is 0 Å². The molecule has 1 amide bonds. The molecule has 2 aromatic carbocycles. The number of fused-ring (bicyclic) bond motifs is 2. The highest BCUT2D eigenvalue weighted by Gasteiger charge is 2.38. The lowest BCUT2D eigenvalue weighted by molar-refractivity contribution is -0.114. The molecule has 2 aliphatic heterocycles. The van der Waals surface area contributed by atoms with Gasteiger partial charge in [-0.3, -0.25) is 19.4 Å². The second-order valence-corrected chi connectivity index (χ2v) is 7.36. The van der Waals surface area contributed by atoms with Gasteiger partial charge >= 0.3 is 5.91 Å². The van der Waals surface area contributed by atoms with Gasteiger partial charge in [-0.05, 0) is 43.3 Å². The molecular formula is C22H24N2O6. The summed E-state index contributed by atoms with van der Waals surface area (Å²) in [6.07, 6.45) is 0. The van der Waals surface area contributed by atoms with Gasteiger partial charge in [0, 0.05) is 12.6 Å². The van der Waals surface area contributed by atoms with Crippen molar-refractivity contribution in [1.29, 1.82) is 0 Å². The highest BCUT2D eigenvalue weighted by Crippen LogP contribution is 2.40. The van der Waals surface area contributed by atoms with Gasteiger partial charge in [0.2, 0.25) is 0 Å². The van der Waals surface area contributed by atoms with Crippen LogP contribution in [0.4, 0.5) is 5.69 Å². The van der Waals surface area contributed by atoms with E-state index < -0.39 is 11.7 Å². The number of benzene rings is 2. The minimum absolute atomic E-state index is 0.255. The summed E-state index contributed by atoms with van der Waals surface area (Å²) >= 11 is 0. The number of carbonyl (C=O) groups is 2. The van der Waals surface area contributed by atoms with E-state index in [1.54, 1.807) is 26.4 Å². The molecule has 0 atom stereocenters. The van der Waals surface area contributed by atoms with Crippen molar-refractivity contribution < 1.29 is 28.5 Å². The lowest BCUT2D eigenvalue weighted by Crippen LogP contribution is -2.39. The third-order valence-corrected chi connectivity index (χ3v) is 5.30. The van der Waals surface area contributed by atoms with Crippen LogP contribution >= 0.6 is 0 Å². The van der Waals surface area contributed by atoms with Crippen LogP contribution < -0.4 is 23.8 Å². The Balaban J connectivity index is 1.57. The van der Waals surface area contributed by atoms with Crippen molar-refractivity contribution >= 4 is 17.4 Å². The lowest BCUT2D eigenvalue weighted by Gasteiger charge is -2.26. The standard InChI is InChI=1S/C22H24N2O6/c1-13-7-17(27-3)18(28-4)8-14(13)11-23(2)12-24-16-10-20-19(29-5-6-30-20)9-15(16)21(25)22(24)26/h7-10H,5-6,11-12H2,1-4H3. The number of amides is 1. The van der Waals surface area contributed by atoms with E-state index in [1.165, 1.54) is 4.90 Å². The van der Waals surface area contributed by atoms with E-state index in [-0.39, 0.29) is 6.67 Å². The van der Waals surface area contributed by atoms with E-state index >= 15 is 0 Å². The molecule has 0 aromatic heterocycles. The highest BCUT2D eigenvalue weighted by atomic mass is 16.6. The summed E-state index contributed by atoms with van der Waals surface area (Å²) in [6.45, 7) is 3.67. The summed E-state index contributed by atoms with van der Waals surface area (Å²) in [5.41, 5.74) is 2.98. The number of rotatable bonds is 6. The Hall–Kier alpha value is -3.26. The SMILES string of the molecule is COc1cc(C)c(CN(C)CN2C(=O)C(=O)c3cc4c(cc32)OCCO4)cc1OC. The summed E-state index contributed by atoms with van der Waals surface area (Å²) < 4.78 is 21.9. The van der Waals surface area contributed by atoms with Crippen LogP contribution in [0, 0.1) is 6.92 Å². The van der Waals surface area contributed by atoms with Crippen molar-refractivity contribution in [2.24, 2.45) is 0 Å². The molecule has 158 valence electrons. The second kappa shape index (κ2) is 7.87. The van der Waals surface area contributed by atoms with Crippen molar-refractivity contribution in [3.8, 4) is 23.0 Å². The Labute approximate surface area is 174 Å². The Morgan fingerprint density at radius 2 is 1.63 bits per heavy atom. The van der Waals surface area contributed by atoms with Gasteiger partial charge in [0.05, 0.1) is 32.1 Å². The first kappa shape index (κ1) is 20.0. The minimum atomic E-state index is -0.553. The van der Waals surface area contributed by atoms with Crippen molar-refractivity contribution in [2.45, 2.75) is 13.5 Å². The molecule has 0 bridgehead atoms. The average Bonchev–Trinajstić information content (AvgIpc) is 2.97. The van der Waals surface area contributed by atoms with Crippen LogP contribution in [0.5, 0.6) is 23.0 Å². The molecule has 2 heterocycles. The number of methoxy groups -OCH3 is 2. The smallest absolute Gasteiger partial charge is 0.300 e. The Bertz CT molecular complexity index is 1020. The monoisotopic (exact) mass is 412 g/mol. The van der Waals surface area contributed by atoms with Crippen LogP contribution in [-0.4, -0.2) is 57.7 Å². The number of ketones is 1. The number of Topliss-reactive ketones (excluding diaryl/α,β-unsaturated/α-hetero) is 1. The molecule has 0 fully saturated rings. The van der Waals surface area contributed by atoms with Gasteiger partial charge in [-0.25, -0.2) is 0 Å². The van der Waals surface area contributed by atoms with Crippen molar-refractivity contribution in [2.75, 3.05) is 46.0 Å². The predicted molar refractivity (Wildman–Crippen MR) is 110 cm³/mol. The quantitative estimate of drug-likeness (QED) is 0.674. The molecule has 8 nitrogen and oxygen atoms in total. The van der Waals surface area contributed by atoms with E-state index in [2.05, 4.69) is 0 Å². The van der Waals surface area contributed by atoms with E-state index in [4.69, 9.17) is 18.9 Å². The fraction of sp³-hybridized carbons (Fsp3) is 0.364. The van der Waals surface area contributed by atoms with E-state index in [0.717, 1.165) is 11.1 Å². The fourth-order valence-corrected chi connectivity index (χ4v) is 3.75. The zero-order valence-corrected chi connectivity index (χ0v) is 17.5. The second-order valence-electron chi connectivity index (χ2n) is 7.36. The molecule has 0 unspecified atom stereocenters. The number of carbonyl (C=O) groups excluding carboxylic acids is 2. The molecular weight excluding hydrogens is 388 g/mol. The number of nitrogens with zero attached hydrogens (tertiary/aromatic N) is 2. The molecule has 2 aliphatic rings. The van der Waals surface area contributed by atoms with Gasteiger partial charge in [-0.15, -0.1) is 0 Å². The highest BCUT2D eigenvalue weighted by molar-refractivity contribution is 6.52. The van der Waals surface area contributed by atoms with E-state index in [9.17, 15) is 9.59 Å². The molecule has 2 aromatic rings. The molecule has 0 spiro atoms. The largest absolute Gasteiger partial charge is 0.493 e. The van der Waals surface area contributed by atoms with Gasteiger partial charge < -0.3 is 18.9 Å². The van der Waals surface area contributed by atoms with Gasteiger partial charge in [0.25, 0.3) is 5.78 Å². The summed E-state index contributed by atoms with van der Waals surface area (Å²) in [5, 5.41) is 0. The minimum Gasteiger partial charge on any atom is -0.493 e. The average molecular weight is 412 g/mol. The van der Waals surface area contributed by atoms with E-state index in [0.29, 0.717) is 54.0 Å². The Morgan fingerprint density at radius 3 is 2.30 bits per heavy atom.